The Morgan fingerprint density at radius 1 is 1.47 bits per heavy atom. The van der Waals surface area contributed by atoms with Gasteiger partial charge in [-0.05, 0) is 18.6 Å². The molecule has 15 heavy (non-hydrogen) atoms. The molecule has 6 nitrogen and oxygen atoms in total. The van der Waals surface area contributed by atoms with Crippen molar-refractivity contribution in [2.45, 2.75) is 11.8 Å². The van der Waals surface area contributed by atoms with Gasteiger partial charge in [0.2, 0.25) is 10.0 Å². The minimum Gasteiger partial charge on any atom is -0.258 e. The summed E-state index contributed by atoms with van der Waals surface area (Å²) in [7, 11) is -4.08. The molecule has 0 spiro atoms. The standard InChI is InChI=1S/C7H7BrN2O4S/c1-4-2-7(15(9,13)14)6(10(11)12)3-5(4)8/h2-3H,1H3,(H2,9,13,14). The van der Waals surface area contributed by atoms with Crippen molar-refractivity contribution < 1.29 is 13.3 Å². The molecule has 0 heterocycles. The Morgan fingerprint density at radius 2 is 2.00 bits per heavy atom. The maximum atomic E-state index is 11.1. The van der Waals surface area contributed by atoms with Crippen LogP contribution in [0, 0.1) is 17.0 Å². The first-order valence-electron chi connectivity index (χ1n) is 3.71. The molecule has 0 amide bonds. The van der Waals surface area contributed by atoms with Crippen LogP contribution in [0.2, 0.25) is 0 Å². The van der Waals surface area contributed by atoms with Gasteiger partial charge < -0.3 is 0 Å². The maximum absolute atomic E-state index is 11.1. The van der Waals surface area contributed by atoms with Gasteiger partial charge >= 0.3 is 0 Å². The summed E-state index contributed by atoms with van der Waals surface area (Å²) in [5.41, 5.74) is 0.0274. The van der Waals surface area contributed by atoms with Crippen molar-refractivity contribution in [3.63, 3.8) is 0 Å². The predicted octanol–water partition coefficient (Wildman–Crippen LogP) is 1.31. The largest absolute Gasteiger partial charge is 0.290 e. The Balaban J connectivity index is 3.64. The number of aryl methyl sites for hydroxylation is 1. The monoisotopic (exact) mass is 294 g/mol. The molecule has 1 aromatic carbocycles. The molecule has 0 unspecified atom stereocenters. The van der Waals surface area contributed by atoms with Gasteiger partial charge in [0.25, 0.3) is 5.69 Å². The zero-order valence-electron chi connectivity index (χ0n) is 7.60. The lowest BCUT2D eigenvalue weighted by molar-refractivity contribution is -0.387. The lowest BCUT2D eigenvalue weighted by Crippen LogP contribution is -2.14. The van der Waals surface area contributed by atoms with Crippen LogP contribution in [0.5, 0.6) is 0 Å². The third kappa shape index (κ3) is 2.52. The number of nitro benzene ring substituents is 1. The maximum Gasteiger partial charge on any atom is 0.290 e. The molecule has 2 N–H and O–H groups in total. The van der Waals surface area contributed by atoms with Crippen LogP contribution in [-0.4, -0.2) is 13.3 Å². The second-order valence-corrected chi connectivity index (χ2v) is 5.26. The zero-order chi connectivity index (χ0) is 11.8. The van der Waals surface area contributed by atoms with Crippen molar-refractivity contribution in [3.05, 3.63) is 32.3 Å². The van der Waals surface area contributed by atoms with Crippen LogP contribution < -0.4 is 5.14 Å². The van der Waals surface area contributed by atoms with E-state index in [4.69, 9.17) is 5.14 Å². The van der Waals surface area contributed by atoms with Crippen LogP contribution in [0.25, 0.3) is 0 Å². The van der Waals surface area contributed by atoms with Crippen molar-refractivity contribution in [2.24, 2.45) is 5.14 Å². The molecule has 0 radical (unpaired) electrons. The fraction of sp³-hybridized carbons (Fsp3) is 0.143. The Kier molecular flexibility index (Phi) is 3.12. The molecular formula is C7H7BrN2O4S. The van der Waals surface area contributed by atoms with Gasteiger partial charge in [-0.1, -0.05) is 15.9 Å². The molecule has 8 heteroatoms. The van der Waals surface area contributed by atoms with Gasteiger partial charge in [-0.2, -0.15) is 0 Å². The van der Waals surface area contributed by atoms with E-state index in [0.29, 0.717) is 10.0 Å². The highest BCUT2D eigenvalue weighted by molar-refractivity contribution is 9.10. The van der Waals surface area contributed by atoms with Crippen LogP contribution in [0.15, 0.2) is 21.5 Å². The molecule has 82 valence electrons. The quantitative estimate of drug-likeness (QED) is 0.656. The van der Waals surface area contributed by atoms with E-state index in [1.165, 1.54) is 0 Å². The van der Waals surface area contributed by atoms with Gasteiger partial charge in [0.05, 0.1) is 4.92 Å². The highest BCUT2D eigenvalue weighted by Crippen LogP contribution is 2.29. The molecule has 0 aliphatic carbocycles. The number of halogens is 1. The molecule has 1 aromatic rings. The van der Waals surface area contributed by atoms with Gasteiger partial charge in [0, 0.05) is 10.5 Å². The molecule has 0 aliphatic rings. The molecule has 0 bridgehead atoms. The topological polar surface area (TPSA) is 103 Å². The number of rotatable bonds is 2. The van der Waals surface area contributed by atoms with Crippen molar-refractivity contribution in [2.75, 3.05) is 0 Å². The van der Waals surface area contributed by atoms with Crippen molar-refractivity contribution in [1.29, 1.82) is 0 Å². The second-order valence-electron chi connectivity index (χ2n) is 2.87. The fourth-order valence-electron chi connectivity index (χ4n) is 1.02. The minimum atomic E-state index is -4.08. The minimum absolute atomic E-state index is 0.460. The number of primary sulfonamides is 1. The SMILES string of the molecule is Cc1cc(S(N)(=O)=O)c([N+](=O)[O-])cc1Br. The second kappa shape index (κ2) is 3.87. The Morgan fingerprint density at radius 3 is 2.40 bits per heavy atom. The first-order valence-corrected chi connectivity index (χ1v) is 6.04. The van der Waals surface area contributed by atoms with E-state index in [1.54, 1.807) is 6.92 Å². The van der Waals surface area contributed by atoms with Gasteiger partial charge in [-0.3, -0.25) is 10.1 Å². The fourth-order valence-corrected chi connectivity index (χ4v) is 2.11. The molecule has 0 atom stereocenters. The Labute approximate surface area is 94.4 Å². The van der Waals surface area contributed by atoms with Crippen LogP contribution >= 0.6 is 15.9 Å². The number of benzene rings is 1. The number of nitrogens with two attached hydrogens (primary N) is 1. The number of hydrogen-bond acceptors (Lipinski definition) is 4. The Bertz CT molecular complexity index is 526. The normalized spacial score (nSPS) is 11.4. The summed E-state index contributed by atoms with van der Waals surface area (Å²) < 4.78 is 22.6. The number of nitro groups is 1. The number of sulfonamides is 1. The summed E-state index contributed by atoms with van der Waals surface area (Å²) >= 11 is 3.08. The summed E-state index contributed by atoms with van der Waals surface area (Å²) in [6, 6.07) is 2.28. The molecule has 0 fully saturated rings. The summed E-state index contributed by atoms with van der Waals surface area (Å²) in [5.74, 6) is 0. The summed E-state index contributed by atoms with van der Waals surface area (Å²) in [5, 5.41) is 15.5. The van der Waals surface area contributed by atoms with Gasteiger partial charge in [-0.25, -0.2) is 13.6 Å². The van der Waals surface area contributed by atoms with E-state index in [1.807, 2.05) is 0 Å². The molecular weight excluding hydrogens is 288 g/mol. The smallest absolute Gasteiger partial charge is 0.258 e. The van der Waals surface area contributed by atoms with Gasteiger partial charge in [-0.15, -0.1) is 0 Å². The lowest BCUT2D eigenvalue weighted by atomic mass is 10.2. The van der Waals surface area contributed by atoms with Crippen LogP contribution in [-0.2, 0) is 10.0 Å². The Hall–Kier alpha value is -0.990. The van der Waals surface area contributed by atoms with Crippen LogP contribution in [0.4, 0.5) is 5.69 Å². The van der Waals surface area contributed by atoms with Crippen molar-refractivity contribution in [1.82, 2.24) is 0 Å². The number of nitrogens with zero attached hydrogens (tertiary/aromatic N) is 1. The average Bonchev–Trinajstić information content (AvgIpc) is 2.06. The van der Waals surface area contributed by atoms with E-state index < -0.39 is 25.5 Å². The van der Waals surface area contributed by atoms with Crippen molar-refractivity contribution in [3.8, 4) is 0 Å². The third-order valence-corrected chi connectivity index (χ3v) is 3.54. The van der Waals surface area contributed by atoms with E-state index in [0.717, 1.165) is 12.1 Å². The summed E-state index contributed by atoms with van der Waals surface area (Å²) in [6.07, 6.45) is 0. The summed E-state index contributed by atoms with van der Waals surface area (Å²) in [4.78, 5) is 9.33. The highest BCUT2D eigenvalue weighted by Gasteiger charge is 2.23. The molecule has 1 rings (SSSR count). The van der Waals surface area contributed by atoms with Crippen molar-refractivity contribution >= 4 is 31.6 Å². The van der Waals surface area contributed by atoms with E-state index in [9.17, 15) is 18.5 Å². The zero-order valence-corrected chi connectivity index (χ0v) is 10.0. The van der Waals surface area contributed by atoms with Crippen LogP contribution in [0.1, 0.15) is 5.56 Å². The van der Waals surface area contributed by atoms with E-state index in [2.05, 4.69) is 15.9 Å². The third-order valence-electron chi connectivity index (χ3n) is 1.74. The first-order chi connectivity index (χ1) is 6.73. The predicted molar refractivity (Wildman–Crippen MR) is 56.9 cm³/mol. The summed E-state index contributed by atoms with van der Waals surface area (Å²) in [6.45, 7) is 1.61. The van der Waals surface area contributed by atoms with Gasteiger partial charge in [0.15, 0.2) is 4.90 Å². The highest BCUT2D eigenvalue weighted by atomic mass is 79.9. The van der Waals surface area contributed by atoms with E-state index in [-0.39, 0.29) is 0 Å². The molecule has 0 aromatic heterocycles. The van der Waals surface area contributed by atoms with Crippen LogP contribution in [0.3, 0.4) is 0 Å². The molecule has 0 aliphatic heterocycles. The molecule has 0 saturated heterocycles. The first kappa shape index (κ1) is 12.1. The lowest BCUT2D eigenvalue weighted by Gasteiger charge is -2.03. The van der Waals surface area contributed by atoms with E-state index >= 15 is 0 Å². The average molecular weight is 295 g/mol. The molecule has 0 saturated carbocycles. The number of hydrogen-bond donors (Lipinski definition) is 1. The van der Waals surface area contributed by atoms with Gasteiger partial charge in [0.1, 0.15) is 0 Å².